The van der Waals surface area contributed by atoms with Gasteiger partial charge in [0.15, 0.2) is 11.5 Å². The van der Waals surface area contributed by atoms with Gasteiger partial charge in [-0.05, 0) is 48.7 Å². The third kappa shape index (κ3) is 6.24. The van der Waals surface area contributed by atoms with Gasteiger partial charge in [0.1, 0.15) is 5.75 Å². The molecule has 214 valence electrons. The van der Waals surface area contributed by atoms with E-state index in [2.05, 4.69) is 4.98 Å². The van der Waals surface area contributed by atoms with Gasteiger partial charge in [0, 0.05) is 32.4 Å². The molecular formula is C28H33N3O8S. The lowest BCUT2D eigenvalue weighted by molar-refractivity contribution is 0.0500. The number of aromatic nitrogens is 2. The van der Waals surface area contributed by atoms with Crippen molar-refractivity contribution in [1.29, 1.82) is 0 Å². The number of fused-ring (bicyclic) bond motifs is 1. The Bertz CT molecular complexity index is 1450. The third-order valence-electron chi connectivity index (χ3n) is 6.90. The molecule has 0 bridgehead atoms. The van der Waals surface area contributed by atoms with Crippen molar-refractivity contribution in [2.24, 2.45) is 0 Å². The summed E-state index contributed by atoms with van der Waals surface area (Å²) in [4.78, 5) is 19.8. The molecule has 0 saturated carbocycles. The zero-order chi connectivity index (χ0) is 28.1. The molecule has 1 unspecified atom stereocenters. The number of benzene rings is 2. The molecule has 1 aromatic heterocycles. The lowest BCUT2D eigenvalue weighted by Gasteiger charge is -2.26. The molecular weight excluding hydrogens is 538 g/mol. The summed E-state index contributed by atoms with van der Waals surface area (Å²) < 4.78 is 55.9. The van der Waals surface area contributed by atoms with E-state index in [1.807, 2.05) is 0 Å². The Balaban J connectivity index is 1.44. The van der Waals surface area contributed by atoms with Gasteiger partial charge in [-0.15, -0.1) is 0 Å². The molecule has 2 aliphatic heterocycles. The van der Waals surface area contributed by atoms with Crippen LogP contribution < -0.4 is 14.2 Å². The summed E-state index contributed by atoms with van der Waals surface area (Å²) in [5.74, 6) is 1.20. The van der Waals surface area contributed by atoms with E-state index in [1.165, 1.54) is 13.3 Å². The summed E-state index contributed by atoms with van der Waals surface area (Å²) >= 11 is 0. The van der Waals surface area contributed by atoms with E-state index in [0.29, 0.717) is 47.2 Å². The molecule has 1 saturated heterocycles. The number of carbonyl (C=O) groups is 1. The predicted molar refractivity (Wildman–Crippen MR) is 144 cm³/mol. The zero-order valence-corrected chi connectivity index (χ0v) is 23.4. The van der Waals surface area contributed by atoms with E-state index in [-0.39, 0.29) is 49.4 Å². The van der Waals surface area contributed by atoms with Crippen molar-refractivity contribution in [3.63, 3.8) is 0 Å². The van der Waals surface area contributed by atoms with Crippen LogP contribution in [0.15, 0.2) is 53.8 Å². The number of methoxy groups -OCH3 is 2. The minimum absolute atomic E-state index is 0.0741. The van der Waals surface area contributed by atoms with Crippen LogP contribution in [0.2, 0.25) is 0 Å². The second-order valence-corrected chi connectivity index (χ2v) is 11.6. The molecule has 5 rings (SSSR count). The number of sulfone groups is 1. The Morgan fingerprint density at radius 1 is 1.15 bits per heavy atom. The third-order valence-corrected chi connectivity index (χ3v) is 8.49. The highest BCUT2D eigenvalue weighted by molar-refractivity contribution is 7.90. The standard InChI is InChI=1S/C28H33N3O8S/c1-35-12-10-31-22(15-29-28(31)40(33,34)18-20-5-3-6-23(13-20)36-2)16-30(17-24-7-4-11-37-24)27(32)21-8-9-25-26(14-21)39-19-38-25/h3,5-6,8-9,13-15,24H,4,7,10-12,16-19H2,1-2H3. The number of rotatable bonds is 12. The van der Waals surface area contributed by atoms with Crippen molar-refractivity contribution < 1.29 is 36.9 Å². The van der Waals surface area contributed by atoms with Crippen LogP contribution in [0.1, 0.15) is 34.5 Å². The molecule has 0 N–H and O–H groups in total. The fourth-order valence-corrected chi connectivity index (χ4v) is 6.40. The summed E-state index contributed by atoms with van der Waals surface area (Å²) in [6.07, 6.45) is 3.18. The monoisotopic (exact) mass is 571 g/mol. The smallest absolute Gasteiger partial charge is 0.254 e. The van der Waals surface area contributed by atoms with Crippen molar-refractivity contribution in [1.82, 2.24) is 14.5 Å². The lowest BCUT2D eigenvalue weighted by Crippen LogP contribution is -2.37. The Labute approximate surface area is 233 Å². The number of imidazole rings is 1. The van der Waals surface area contributed by atoms with Crippen molar-refractivity contribution >= 4 is 15.7 Å². The molecule has 3 aromatic rings. The van der Waals surface area contributed by atoms with Gasteiger partial charge in [0.2, 0.25) is 21.8 Å². The lowest BCUT2D eigenvalue weighted by atomic mass is 10.1. The zero-order valence-electron chi connectivity index (χ0n) is 22.6. The number of amides is 1. The second kappa shape index (κ2) is 12.3. The van der Waals surface area contributed by atoms with E-state index in [4.69, 9.17) is 23.7 Å². The van der Waals surface area contributed by atoms with Crippen LogP contribution in [-0.2, 0) is 38.2 Å². The van der Waals surface area contributed by atoms with Crippen molar-refractivity contribution in [2.45, 2.75) is 42.9 Å². The predicted octanol–water partition coefficient (Wildman–Crippen LogP) is 3.06. The highest BCUT2D eigenvalue weighted by atomic mass is 32.2. The van der Waals surface area contributed by atoms with Crippen molar-refractivity contribution in [3.05, 3.63) is 65.5 Å². The van der Waals surface area contributed by atoms with Crippen LogP contribution >= 0.6 is 0 Å². The maximum Gasteiger partial charge on any atom is 0.254 e. The van der Waals surface area contributed by atoms with Gasteiger partial charge in [-0.3, -0.25) is 4.79 Å². The average Bonchev–Trinajstić information content (AvgIpc) is 3.72. The number of ether oxygens (including phenoxy) is 5. The second-order valence-electron chi connectivity index (χ2n) is 9.68. The molecule has 3 heterocycles. The molecule has 0 spiro atoms. The summed E-state index contributed by atoms with van der Waals surface area (Å²) in [6, 6.07) is 12.0. The van der Waals surface area contributed by atoms with Gasteiger partial charge >= 0.3 is 0 Å². The normalized spacial score (nSPS) is 16.3. The topological polar surface area (TPSA) is 118 Å². The maximum absolute atomic E-state index is 13.8. The van der Waals surface area contributed by atoms with Crippen molar-refractivity contribution in [2.75, 3.05) is 40.8 Å². The van der Waals surface area contributed by atoms with Gasteiger partial charge in [-0.1, -0.05) is 12.1 Å². The van der Waals surface area contributed by atoms with Gasteiger partial charge < -0.3 is 33.2 Å². The van der Waals surface area contributed by atoms with Crippen LogP contribution in [-0.4, -0.2) is 75.7 Å². The summed E-state index contributed by atoms with van der Waals surface area (Å²) in [5, 5.41) is -0.0741. The number of hydrogen-bond donors (Lipinski definition) is 0. The Morgan fingerprint density at radius 2 is 2.00 bits per heavy atom. The molecule has 12 heteroatoms. The van der Waals surface area contributed by atoms with E-state index >= 15 is 0 Å². The van der Waals surface area contributed by atoms with E-state index < -0.39 is 9.84 Å². The molecule has 0 radical (unpaired) electrons. The molecule has 1 fully saturated rings. The largest absolute Gasteiger partial charge is 0.497 e. The maximum atomic E-state index is 13.8. The highest BCUT2D eigenvalue weighted by Gasteiger charge is 2.29. The van der Waals surface area contributed by atoms with Gasteiger partial charge in [-0.2, -0.15) is 0 Å². The number of nitrogens with zero attached hydrogens (tertiary/aromatic N) is 3. The summed E-state index contributed by atoms with van der Waals surface area (Å²) in [6.45, 7) is 1.78. The molecule has 2 aliphatic rings. The van der Waals surface area contributed by atoms with Crippen LogP contribution in [0.3, 0.4) is 0 Å². The van der Waals surface area contributed by atoms with Crippen LogP contribution in [0.25, 0.3) is 0 Å². The average molecular weight is 572 g/mol. The first kappa shape index (κ1) is 27.9. The fraction of sp³-hybridized carbons (Fsp3) is 0.429. The molecule has 1 amide bonds. The first-order valence-corrected chi connectivity index (χ1v) is 14.7. The first-order valence-electron chi connectivity index (χ1n) is 13.1. The number of hydrogen-bond acceptors (Lipinski definition) is 9. The van der Waals surface area contributed by atoms with Crippen LogP contribution in [0.5, 0.6) is 17.2 Å². The van der Waals surface area contributed by atoms with Crippen LogP contribution in [0.4, 0.5) is 0 Å². The first-order chi connectivity index (χ1) is 19.4. The summed E-state index contributed by atoms with van der Waals surface area (Å²) in [7, 11) is -0.752. The number of carbonyl (C=O) groups excluding carboxylic acids is 1. The highest BCUT2D eigenvalue weighted by Crippen LogP contribution is 2.33. The fourth-order valence-electron chi connectivity index (χ4n) is 4.90. The quantitative estimate of drug-likeness (QED) is 0.323. The van der Waals surface area contributed by atoms with Crippen LogP contribution in [0, 0.1) is 0 Å². The van der Waals surface area contributed by atoms with Gasteiger partial charge in [0.25, 0.3) is 5.91 Å². The van der Waals surface area contributed by atoms with Crippen molar-refractivity contribution in [3.8, 4) is 17.2 Å². The Hall–Kier alpha value is -3.61. The Morgan fingerprint density at radius 3 is 2.77 bits per heavy atom. The molecule has 2 aromatic carbocycles. The minimum atomic E-state index is -3.83. The Kier molecular flexibility index (Phi) is 8.57. The van der Waals surface area contributed by atoms with E-state index in [0.717, 1.165) is 12.8 Å². The van der Waals surface area contributed by atoms with E-state index in [1.54, 1.807) is 59.0 Å². The summed E-state index contributed by atoms with van der Waals surface area (Å²) in [5.41, 5.74) is 1.60. The van der Waals surface area contributed by atoms with Gasteiger partial charge in [-0.25, -0.2) is 13.4 Å². The minimum Gasteiger partial charge on any atom is -0.497 e. The SMILES string of the molecule is COCCn1c(CN(CC2CCCO2)C(=O)c2ccc3c(c2)OCO3)cnc1S(=O)(=O)Cc1cccc(OC)c1. The molecule has 1 atom stereocenters. The van der Waals surface area contributed by atoms with E-state index in [9.17, 15) is 13.2 Å². The van der Waals surface area contributed by atoms with Gasteiger partial charge in [0.05, 0.1) is 44.0 Å². The molecule has 40 heavy (non-hydrogen) atoms. The molecule has 11 nitrogen and oxygen atoms in total. The molecule has 0 aliphatic carbocycles.